The van der Waals surface area contributed by atoms with Gasteiger partial charge in [-0.15, -0.1) is 0 Å². The number of aromatic nitrogens is 3. The van der Waals surface area contributed by atoms with Crippen molar-refractivity contribution in [3.63, 3.8) is 0 Å². The summed E-state index contributed by atoms with van der Waals surface area (Å²) in [6.07, 6.45) is 14.0. The zero-order valence-corrected chi connectivity index (χ0v) is 37.0. The van der Waals surface area contributed by atoms with Crippen molar-refractivity contribution in [1.29, 1.82) is 0 Å². The lowest BCUT2D eigenvalue weighted by atomic mass is 9.74. The maximum absolute atomic E-state index is 13.6. The summed E-state index contributed by atoms with van der Waals surface area (Å²) in [6, 6.07) is 61.2. The van der Waals surface area contributed by atoms with Crippen LogP contribution < -0.4 is 0 Å². The van der Waals surface area contributed by atoms with Crippen LogP contribution in [0.15, 0.2) is 201 Å². The minimum absolute atomic E-state index is 0.254. The van der Waals surface area contributed by atoms with Crippen molar-refractivity contribution in [2.24, 2.45) is 0 Å². The van der Waals surface area contributed by atoms with E-state index in [1.807, 2.05) is 24.5 Å². The Morgan fingerprint density at radius 2 is 0.818 bits per heavy atom. The molecular weight excluding hydrogens is 813 g/mol. The summed E-state index contributed by atoms with van der Waals surface area (Å²) in [4.78, 5) is 14.7. The smallest absolute Gasteiger partial charge is 0.123 e. The number of nitrogens with zero attached hydrogens (tertiary/aromatic N) is 3. The van der Waals surface area contributed by atoms with Gasteiger partial charge >= 0.3 is 0 Å². The second-order valence-corrected chi connectivity index (χ2v) is 17.7. The Labute approximate surface area is 387 Å². The fourth-order valence-electron chi connectivity index (χ4n) is 9.74. The average molecular weight is 864 g/mol. The Hall–Kier alpha value is -7.37. The minimum Gasteiger partial charge on any atom is -0.256 e. The molecule has 9 aromatic rings. The Morgan fingerprint density at radius 3 is 1.36 bits per heavy atom. The molecule has 3 aromatic heterocycles. The normalized spacial score (nSPS) is 14.8. The van der Waals surface area contributed by atoms with Crippen LogP contribution in [-0.2, 0) is 25.7 Å². The second kappa shape index (κ2) is 19.8. The SMILES string of the molecule is Fc1ccc(-c2ccc(CCc3cc(CCc4ccc(-c5ccc(F)cc5)nc4)cc(-c4ccccc4-c4cnc(-c5ccccc5)cc4C4CCC(c5ccccc5)CC4)c3)cn2)cc1. The zero-order valence-electron chi connectivity index (χ0n) is 37.0. The van der Waals surface area contributed by atoms with Gasteiger partial charge in [-0.2, -0.15) is 0 Å². The lowest BCUT2D eigenvalue weighted by Crippen LogP contribution is -2.13. The summed E-state index contributed by atoms with van der Waals surface area (Å²) >= 11 is 0. The van der Waals surface area contributed by atoms with E-state index in [1.54, 1.807) is 24.3 Å². The third-order valence-corrected chi connectivity index (χ3v) is 13.4. The van der Waals surface area contributed by atoms with Gasteiger partial charge in [-0.25, -0.2) is 8.78 Å². The third kappa shape index (κ3) is 9.96. The Bertz CT molecular complexity index is 2900. The monoisotopic (exact) mass is 863 g/mol. The first-order valence-corrected chi connectivity index (χ1v) is 23.2. The van der Waals surface area contributed by atoms with Gasteiger partial charge in [0, 0.05) is 40.8 Å². The van der Waals surface area contributed by atoms with Crippen molar-refractivity contribution < 1.29 is 8.78 Å². The van der Waals surface area contributed by atoms with E-state index in [9.17, 15) is 8.78 Å². The molecule has 0 atom stereocenters. The van der Waals surface area contributed by atoms with E-state index in [0.29, 0.717) is 11.8 Å². The van der Waals surface area contributed by atoms with Crippen molar-refractivity contribution >= 4 is 0 Å². The fraction of sp³-hybridized carbons (Fsp3) is 0.164. The van der Waals surface area contributed by atoms with E-state index in [4.69, 9.17) is 15.0 Å². The van der Waals surface area contributed by atoms with Crippen LogP contribution >= 0.6 is 0 Å². The van der Waals surface area contributed by atoms with Gasteiger partial charge in [0.05, 0.1) is 17.1 Å². The van der Waals surface area contributed by atoms with Crippen molar-refractivity contribution in [2.45, 2.75) is 63.2 Å². The molecule has 0 bridgehead atoms. The highest BCUT2D eigenvalue weighted by atomic mass is 19.1. The molecular formula is C61H51F2N3. The van der Waals surface area contributed by atoms with Crippen molar-refractivity contribution in [3.05, 3.63) is 246 Å². The molecule has 1 fully saturated rings. The number of benzene rings is 6. The van der Waals surface area contributed by atoms with Gasteiger partial charge in [0.15, 0.2) is 0 Å². The molecule has 1 aliphatic rings. The van der Waals surface area contributed by atoms with Crippen LogP contribution in [0.2, 0.25) is 0 Å². The van der Waals surface area contributed by atoms with Gasteiger partial charge in [0.1, 0.15) is 11.6 Å². The molecule has 1 aliphatic carbocycles. The highest BCUT2D eigenvalue weighted by Gasteiger charge is 2.27. The molecule has 0 amide bonds. The minimum atomic E-state index is -0.254. The van der Waals surface area contributed by atoms with Crippen molar-refractivity contribution in [2.75, 3.05) is 0 Å². The molecule has 0 N–H and O–H groups in total. The Morgan fingerprint density at radius 1 is 0.348 bits per heavy atom. The molecule has 3 heterocycles. The van der Waals surface area contributed by atoms with Gasteiger partial charge in [0.2, 0.25) is 0 Å². The molecule has 0 aliphatic heterocycles. The predicted molar refractivity (Wildman–Crippen MR) is 265 cm³/mol. The number of hydrogen-bond donors (Lipinski definition) is 0. The standard InChI is InChI=1S/C61H51F2N3/c62-53-29-25-50(26-30-53)59-33-19-42(39-64-59)15-17-44-35-45(18-16-43-20-34-60(65-40-43)51-27-31-54(63)32-28-51)37-52(36-44)55-13-7-8-14-56(55)58-41-66-61(49-11-5-2-6-12-49)38-57(58)48-23-21-47(22-24-48)46-9-3-1-4-10-46/h1-14,19-20,25-41,47-48H,15-18,21-24H2. The molecule has 0 spiro atoms. The number of pyridine rings is 3. The largest absolute Gasteiger partial charge is 0.256 e. The summed E-state index contributed by atoms with van der Waals surface area (Å²) in [6.45, 7) is 0. The van der Waals surface area contributed by atoms with E-state index < -0.39 is 0 Å². The Kier molecular flexibility index (Phi) is 12.8. The van der Waals surface area contributed by atoms with E-state index >= 15 is 0 Å². The van der Waals surface area contributed by atoms with Crippen LogP contribution in [0.1, 0.15) is 70.9 Å². The van der Waals surface area contributed by atoms with Crippen LogP contribution in [0.5, 0.6) is 0 Å². The first-order chi connectivity index (χ1) is 32.5. The number of rotatable bonds is 13. The zero-order chi connectivity index (χ0) is 44.7. The van der Waals surface area contributed by atoms with Gasteiger partial charge in [-0.1, -0.05) is 115 Å². The van der Waals surface area contributed by atoms with Crippen LogP contribution in [0.3, 0.4) is 0 Å². The van der Waals surface area contributed by atoms with E-state index in [0.717, 1.165) is 83.4 Å². The molecule has 0 unspecified atom stereocenters. The number of hydrogen-bond acceptors (Lipinski definition) is 3. The van der Waals surface area contributed by atoms with Crippen molar-refractivity contribution in [1.82, 2.24) is 15.0 Å². The van der Waals surface area contributed by atoms with Crippen LogP contribution in [0.25, 0.3) is 56.0 Å². The van der Waals surface area contributed by atoms with Gasteiger partial charge < -0.3 is 0 Å². The number of aryl methyl sites for hydroxylation is 4. The summed E-state index contributed by atoms with van der Waals surface area (Å²) in [7, 11) is 0. The third-order valence-electron chi connectivity index (χ3n) is 13.4. The molecule has 1 saturated carbocycles. The molecule has 66 heavy (non-hydrogen) atoms. The lowest BCUT2D eigenvalue weighted by molar-refractivity contribution is 0.397. The molecule has 324 valence electrons. The molecule has 6 aromatic carbocycles. The average Bonchev–Trinajstić information content (AvgIpc) is 3.38. The quantitative estimate of drug-likeness (QED) is 0.116. The molecule has 3 nitrogen and oxygen atoms in total. The maximum atomic E-state index is 13.6. The van der Waals surface area contributed by atoms with Crippen LogP contribution in [0.4, 0.5) is 8.78 Å². The maximum Gasteiger partial charge on any atom is 0.123 e. The Balaban J connectivity index is 0.977. The summed E-state index contributed by atoms with van der Waals surface area (Å²) < 4.78 is 27.2. The number of halogens is 2. The summed E-state index contributed by atoms with van der Waals surface area (Å²) in [5.41, 5.74) is 18.1. The highest BCUT2D eigenvalue weighted by Crippen LogP contribution is 2.45. The second-order valence-electron chi connectivity index (χ2n) is 17.7. The highest BCUT2D eigenvalue weighted by molar-refractivity contribution is 5.86. The molecule has 5 heteroatoms. The summed E-state index contributed by atoms with van der Waals surface area (Å²) in [5.74, 6) is 0.499. The van der Waals surface area contributed by atoms with Gasteiger partial charge in [-0.3, -0.25) is 15.0 Å². The van der Waals surface area contributed by atoms with Crippen molar-refractivity contribution in [3.8, 4) is 56.0 Å². The van der Waals surface area contributed by atoms with E-state index in [1.165, 1.54) is 81.6 Å². The molecule has 0 radical (unpaired) electrons. The molecule has 0 saturated heterocycles. The van der Waals surface area contributed by atoms with Gasteiger partial charge in [-0.05, 0) is 180 Å². The van der Waals surface area contributed by atoms with E-state index in [2.05, 4.69) is 128 Å². The van der Waals surface area contributed by atoms with Crippen LogP contribution in [0, 0.1) is 11.6 Å². The fourth-order valence-corrected chi connectivity index (χ4v) is 9.74. The topological polar surface area (TPSA) is 38.7 Å². The molecule has 10 rings (SSSR count). The van der Waals surface area contributed by atoms with Crippen LogP contribution in [-0.4, -0.2) is 15.0 Å². The first-order valence-electron chi connectivity index (χ1n) is 23.2. The first kappa shape index (κ1) is 42.6. The summed E-state index contributed by atoms with van der Waals surface area (Å²) in [5, 5.41) is 0. The predicted octanol–water partition coefficient (Wildman–Crippen LogP) is 15.5. The van der Waals surface area contributed by atoms with Gasteiger partial charge in [0.25, 0.3) is 0 Å². The van der Waals surface area contributed by atoms with E-state index in [-0.39, 0.29) is 11.6 Å². The lowest BCUT2D eigenvalue weighted by Gasteiger charge is -2.31.